The number of nitrogens with one attached hydrogen (secondary N) is 5. The van der Waals surface area contributed by atoms with Crippen molar-refractivity contribution in [2.75, 3.05) is 13.1 Å². The minimum Gasteiger partial charge on any atom is -0.372 e. The molecule has 1 unspecified atom stereocenters. The van der Waals surface area contributed by atoms with E-state index in [4.69, 9.17) is 16.3 Å². The molecule has 0 aliphatic carbocycles. The summed E-state index contributed by atoms with van der Waals surface area (Å²) < 4.78 is 61.0. The molecule has 5 N–H and O–H groups in total. The van der Waals surface area contributed by atoms with Crippen LogP contribution in [0.1, 0.15) is 75.0 Å². The van der Waals surface area contributed by atoms with Gasteiger partial charge in [-0.1, -0.05) is 82.1 Å². The lowest BCUT2D eigenvalue weighted by atomic mass is 9.96. The van der Waals surface area contributed by atoms with Crippen molar-refractivity contribution in [3.63, 3.8) is 0 Å². The zero-order valence-electron chi connectivity index (χ0n) is 36.4. The molecule has 1 aliphatic heterocycles. The number of nitrogens with zero attached hydrogens (tertiary/aromatic N) is 3. The highest BCUT2D eigenvalue weighted by molar-refractivity contribution is 7.90. The summed E-state index contributed by atoms with van der Waals surface area (Å²) >= 11 is 6.00. The summed E-state index contributed by atoms with van der Waals surface area (Å²) in [6.45, 7) is 7.54. The largest absolute Gasteiger partial charge is 0.372 e. The summed E-state index contributed by atoms with van der Waals surface area (Å²) in [5.74, 6) is -8.33. The lowest BCUT2D eigenvalue weighted by molar-refractivity contribution is -0.144. The standard InChI is InChI=1S/C43H53ClF2N8O10S/c1-6-25(4)37(52-39(57)32(16-24(2)3)51-40(58)33-20-47-14-15-48-33)43(61)54-22-28(64-23-27-10-8-7-9-11-27)17-34(54)41(59)50-31(19-35(45)46)38(56)42(60)49-21-36(55)53-65(62,63)29-13-12-26(5)30(44)18-29/h7-15,18,20,24-25,28,31-32,34-35,37H,6,16-17,19,21-23H2,1-5H3,(H,49,60)(H,50,59)(H,51,58)(H,52,57)(H,53,55)/t25-,28-,31+,32?,34+,37-/m1/s1. The average Bonchev–Trinajstić information content (AvgIpc) is 3.71. The van der Waals surface area contributed by atoms with Gasteiger partial charge in [-0.2, -0.15) is 0 Å². The van der Waals surface area contributed by atoms with Gasteiger partial charge in [0.1, 0.15) is 29.9 Å². The molecule has 4 rings (SSSR count). The SMILES string of the molecule is CC[C@@H](C)[C@@H](NC(=O)C(CC(C)C)NC(=O)c1cnccn1)C(=O)N1C[C@H](OCc2ccccc2)C[C@H]1C(=O)N[C@@H](CC(F)F)C(=O)C(=O)NCC(=O)NS(=O)(=O)c1ccc(C)c(Cl)c1. The van der Waals surface area contributed by atoms with E-state index in [0.717, 1.165) is 16.5 Å². The highest BCUT2D eigenvalue weighted by Crippen LogP contribution is 2.26. The van der Waals surface area contributed by atoms with Crippen LogP contribution in [-0.4, -0.2) is 114 Å². The highest BCUT2D eigenvalue weighted by Gasteiger charge is 2.45. The van der Waals surface area contributed by atoms with Crippen molar-refractivity contribution in [1.82, 2.24) is 40.9 Å². The third-order valence-corrected chi connectivity index (χ3v) is 12.2. The number of ether oxygens (including phenoxy) is 1. The maximum Gasteiger partial charge on any atom is 0.290 e. The number of hydrogen-bond donors (Lipinski definition) is 5. The minimum absolute atomic E-state index is 0.0434. The number of alkyl halides is 2. The van der Waals surface area contributed by atoms with Gasteiger partial charge in [0.25, 0.3) is 27.7 Å². The Morgan fingerprint density at radius 1 is 0.938 bits per heavy atom. The maximum atomic E-state index is 14.6. The molecule has 0 bridgehead atoms. The topological polar surface area (TPSA) is 252 Å². The van der Waals surface area contributed by atoms with Crippen molar-refractivity contribution < 1.29 is 55.5 Å². The molecule has 18 nitrogen and oxygen atoms in total. The fourth-order valence-corrected chi connectivity index (χ4v) is 7.99. The molecule has 0 spiro atoms. The predicted octanol–water partition coefficient (Wildman–Crippen LogP) is 2.63. The molecule has 6 atom stereocenters. The van der Waals surface area contributed by atoms with E-state index in [1.807, 2.05) is 19.2 Å². The van der Waals surface area contributed by atoms with Crippen LogP contribution in [0.2, 0.25) is 5.02 Å². The zero-order chi connectivity index (χ0) is 48.0. The molecule has 65 heavy (non-hydrogen) atoms. The molecule has 1 fully saturated rings. The van der Waals surface area contributed by atoms with E-state index >= 15 is 0 Å². The number of carbonyl (C=O) groups excluding carboxylic acids is 7. The first-order chi connectivity index (χ1) is 30.7. The molecule has 0 radical (unpaired) electrons. The summed E-state index contributed by atoms with van der Waals surface area (Å²) in [5.41, 5.74) is 1.28. The normalized spacial score (nSPS) is 16.8. The molecule has 6 amide bonds. The lowest BCUT2D eigenvalue weighted by Gasteiger charge is -2.33. The Hall–Kier alpha value is -5.93. The molecule has 1 saturated heterocycles. The fraction of sp³-hybridized carbons (Fsp3) is 0.465. The number of sulfonamides is 1. The number of likely N-dealkylation sites (tertiary alicyclic amines) is 1. The van der Waals surface area contributed by atoms with Crippen molar-refractivity contribution >= 4 is 62.9 Å². The second-order valence-electron chi connectivity index (χ2n) is 16.0. The van der Waals surface area contributed by atoms with E-state index in [1.54, 1.807) is 55.8 Å². The van der Waals surface area contributed by atoms with Gasteiger partial charge in [-0.05, 0) is 48.4 Å². The molecule has 352 valence electrons. The fourth-order valence-electron chi connectivity index (χ4n) is 6.73. The Morgan fingerprint density at radius 3 is 2.26 bits per heavy atom. The Balaban J connectivity index is 1.54. The summed E-state index contributed by atoms with van der Waals surface area (Å²) in [7, 11) is -4.47. The maximum absolute atomic E-state index is 14.6. The van der Waals surface area contributed by atoms with Crippen LogP contribution < -0.4 is 26.0 Å². The van der Waals surface area contributed by atoms with Crippen LogP contribution >= 0.6 is 11.6 Å². The van der Waals surface area contributed by atoms with Crippen LogP contribution in [0, 0.1) is 18.8 Å². The van der Waals surface area contributed by atoms with Crippen molar-refractivity contribution in [3.8, 4) is 0 Å². The quantitative estimate of drug-likeness (QED) is 0.0913. The summed E-state index contributed by atoms with van der Waals surface area (Å²) in [4.78, 5) is 103. The lowest BCUT2D eigenvalue weighted by Crippen LogP contribution is -2.59. The summed E-state index contributed by atoms with van der Waals surface area (Å²) in [6, 6.07) is 6.61. The van der Waals surface area contributed by atoms with E-state index in [1.165, 1.54) is 30.7 Å². The molecule has 22 heteroatoms. The predicted molar refractivity (Wildman–Crippen MR) is 231 cm³/mol. The summed E-state index contributed by atoms with van der Waals surface area (Å²) in [6.07, 6.45) is -1.11. The van der Waals surface area contributed by atoms with Gasteiger partial charge in [0, 0.05) is 36.8 Å². The van der Waals surface area contributed by atoms with Gasteiger partial charge in [0.05, 0.1) is 30.3 Å². The molecule has 0 saturated carbocycles. The van der Waals surface area contributed by atoms with Gasteiger partial charge in [0.15, 0.2) is 0 Å². The second kappa shape index (κ2) is 23.8. The van der Waals surface area contributed by atoms with Gasteiger partial charge in [-0.25, -0.2) is 26.9 Å². The van der Waals surface area contributed by atoms with Crippen LogP contribution in [0.4, 0.5) is 8.78 Å². The molecule has 1 aromatic heterocycles. The zero-order valence-corrected chi connectivity index (χ0v) is 38.0. The van der Waals surface area contributed by atoms with E-state index < -0.39 is 107 Å². The number of carbonyl (C=O) groups is 7. The second-order valence-corrected chi connectivity index (χ2v) is 18.0. The number of halogens is 3. The number of hydrogen-bond acceptors (Lipinski definition) is 12. The number of amides is 6. The van der Waals surface area contributed by atoms with E-state index in [9.17, 15) is 50.8 Å². The van der Waals surface area contributed by atoms with Crippen molar-refractivity contribution in [2.24, 2.45) is 11.8 Å². The van der Waals surface area contributed by atoms with E-state index in [2.05, 4.69) is 25.9 Å². The minimum atomic E-state index is -4.47. The third kappa shape index (κ3) is 15.1. The Kier molecular flexibility index (Phi) is 19.0. The number of ketones is 1. The van der Waals surface area contributed by atoms with Crippen molar-refractivity contribution in [3.05, 3.63) is 89.0 Å². The Morgan fingerprint density at radius 2 is 1.65 bits per heavy atom. The van der Waals surface area contributed by atoms with Gasteiger partial charge in [-0.15, -0.1) is 0 Å². The summed E-state index contributed by atoms with van der Waals surface area (Å²) in [5, 5.41) is 9.57. The van der Waals surface area contributed by atoms with Gasteiger partial charge in [0.2, 0.25) is 29.9 Å². The number of rotatable bonds is 22. The van der Waals surface area contributed by atoms with Crippen LogP contribution in [0.3, 0.4) is 0 Å². The van der Waals surface area contributed by atoms with E-state index in [-0.39, 0.29) is 47.5 Å². The first-order valence-corrected chi connectivity index (χ1v) is 22.6. The van der Waals surface area contributed by atoms with Crippen molar-refractivity contribution in [2.45, 2.75) is 109 Å². The third-order valence-electron chi connectivity index (χ3n) is 10.5. The first kappa shape index (κ1) is 51.7. The monoisotopic (exact) mass is 946 g/mol. The van der Waals surface area contributed by atoms with Crippen LogP contribution in [-0.2, 0) is 50.1 Å². The van der Waals surface area contributed by atoms with E-state index in [0.29, 0.717) is 12.0 Å². The number of Topliss-reactive ketones (excluding diaryl/α,β-unsaturated/α-hetero) is 1. The van der Waals surface area contributed by atoms with Crippen LogP contribution in [0.15, 0.2) is 72.0 Å². The average molecular weight is 947 g/mol. The molecule has 1 aliphatic rings. The highest BCUT2D eigenvalue weighted by atomic mass is 35.5. The molecular weight excluding hydrogens is 894 g/mol. The number of aromatic nitrogens is 2. The smallest absolute Gasteiger partial charge is 0.290 e. The molecular formula is C43H53ClF2N8O10S. The molecule has 2 aromatic carbocycles. The van der Waals surface area contributed by atoms with Crippen molar-refractivity contribution in [1.29, 1.82) is 0 Å². The van der Waals surface area contributed by atoms with Gasteiger partial charge < -0.3 is 30.9 Å². The van der Waals surface area contributed by atoms with Crippen LogP contribution in [0.25, 0.3) is 0 Å². The Bertz CT molecular complexity index is 2300. The number of aryl methyl sites for hydroxylation is 1. The molecule has 2 heterocycles. The van der Waals surface area contributed by atoms with Gasteiger partial charge >= 0.3 is 0 Å². The number of benzene rings is 2. The molecule has 3 aromatic rings. The first-order valence-electron chi connectivity index (χ1n) is 20.8. The van der Waals surface area contributed by atoms with Gasteiger partial charge in [-0.3, -0.25) is 38.5 Å². The Labute approximate surface area is 380 Å². The van der Waals surface area contributed by atoms with Crippen LogP contribution in [0.5, 0.6) is 0 Å².